The number of rotatable bonds is 7. The SMILES string of the molecule is CCOc1c(OC)cccc1[C@H]1CCCC[C@H]1NC(=O)c1ccc(C(=O)OC)cc1. The second-order valence-corrected chi connectivity index (χ2v) is 7.35. The molecule has 2 aromatic rings. The molecule has 1 saturated carbocycles. The molecule has 0 saturated heterocycles. The van der Waals surface area contributed by atoms with Crippen molar-refractivity contribution in [2.75, 3.05) is 20.8 Å². The zero-order chi connectivity index (χ0) is 21.5. The minimum absolute atomic E-state index is 0.00199. The Morgan fingerprint density at radius 2 is 1.70 bits per heavy atom. The summed E-state index contributed by atoms with van der Waals surface area (Å²) in [5.74, 6) is 1.05. The quantitative estimate of drug-likeness (QED) is 0.686. The van der Waals surface area contributed by atoms with Crippen molar-refractivity contribution >= 4 is 11.9 Å². The van der Waals surface area contributed by atoms with Crippen LogP contribution in [0.2, 0.25) is 0 Å². The zero-order valence-corrected chi connectivity index (χ0v) is 17.8. The Bertz CT molecular complexity index is 878. The maximum atomic E-state index is 12.9. The predicted molar refractivity (Wildman–Crippen MR) is 114 cm³/mol. The van der Waals surface area contributed by atoms with Gasteiger partial charge in [0, 0.05) is 23.1 Å². The number of ether oxygens (including phenoxy) is 3. The topological polar surface area (TPSA) is 73.9 Å². The number of amides is 1. The third kappa shape index (κ3) is 4.75. The highest BCUT2D eigenvalue weighted by atomic mass is 16.5. The van der Waals surface area contributed by atoms with Crippen molar-refractivity contribution in [3.8, 4) is 11.5 Å². The van der Waals surface area contributed by atoms with Gasteiger partial charge in [-0.2, -0.15) is 0 Å². The molecule has 0 spiro atoms. The van der Waals surface area contributed by atoms with Crippen molar-refractivity contribution in [1.82, 2.24) is 5.32 Å². The lowest BCUT2D eigenvalue weighted by Crippen LogP contribution is -2.41. The summed E-state index contributed by atoms with van der Waals surface area (Å²) < 4.78 is 16.1. The Labute approximate surface area is 177 Å². The fourth-order valence-electron chi connectivity index (χ4n) is 4.09. The number of methoxy groups -OCH3 is 2. The summed E-state index contributed by atoms with van der Waals surface area (Å²) in [6.45, 7) is 2.50. The molecule has 2 aromatic carbocycles. The minimum atomic E-state index is -0.421. The van der Waals surface area contributed by atoms with Gasteiger partial charge >= 0.3 is 5.97 Å². The molecule has 1 aliphatic carbocycles. The minimum Gasteiger partial charge on any atom is -0.493 e. The van der Waals surface area contributed by atoms with Gasteiger partial charge in [-0.25, -0.2) is 4.79 Å². The molecule has 0 radical (unpaired) electrons. The van der Waals surface area contributed by atoms with Crippen molar-refractivity contribution in [1.29, 1.82) is 0 Å². The third-order valence-corrected chi connectivity index (χ3v) is 5.57. The number of benzene rings is 2. The molecule has 2 atom stereocenters. The summed E-state index contributed by atoms with van der Waals surface area (Å²) in [6, 6.07) is 12.4. The van der Waals surface area contributed by atoms with Crippen molar-refractivity contribution in [3.63, 3.8) is 0 Å². The first-order chi connectivity index (χ1) is 14.6. The lowest BCUT2D eigenvalue weighted by molar-refractivity contribution is 0.0600. The maximum Gasteiger partial charge on any atom is 0.337 e. The van der Waals surface area contributed by atoms with Crippen LogP contribution < -0.4 is 14.8 Å². The smallest absolute Gasteiger partial charge is 0.337 e. The number of hydrogen-bond donors (Lipinski definition) is 1. The molecule has 0 aliphatic heterocycles. The third-order valence-electron chi connectivity index (χ3n) is 5.57. The van der Waals surface area contributed by atoms with Crippen molar-refractivity contribution < 1.29 is 23.8 Å². The number of carbonyl (C=O) groups excluding carboxylic acids is 2. The number of carbonyl (C=O) groups is 2. The number of para-hydroxylation sites is 1. The van der Waals surface area contributed by atoms with E-state index in [1.807, 2.05) is 19.1 Å². The van der Waals surface area contributed by atoms with Gasteiger partial charge in [-0.3, -0.25) is 4.79 Å². The average molecular weight is 411 g/mol. The molecule has 0 bridgehead atoms. The summed E-state index contributed by atoms with van der Waals surface area (Å²) in [6.07, 6.45) is 4.04. The second kappa shape index (κ2) is 10.1. The Hall–Kier alpha value is -3.02. The van der Waals surface area contributed by atoms with Crippen LogP contribution in [-0.2, 0) is 4.74 Å². The molecule has 6 heteroatoms. The Balaban J connectivity index is 1.81. The Morgan fingerprint density at radius 3 is 2.37 bits per heavy atom. The van der Waals surface area contributed by atoms with E-state index in [0.717, 1.165) is 37.0 Å². The van der Waals surface area contributed by atoms with E-state index in [0.29, 0.717) is 23.5 Å². The van der Waals surface area contributed by atoms with Gasteiger partial charge in [0.2, 0.25) is 0 Å². The molecule has 1 amide bonds. The molecule has 0 heterocycles. The molecule has 6 nitrogen and oxygen atoms in total. The summed E-state index contributed by atoms with van der Waals surface area (Å²) in [5.41, 5.74) is 2.01. The molecule has 160 valence electrons. The van der Waals surface area contributed by atoms with Crippen molar-refractivity contribution in [3.05, 3.63) is 59.2 Å². The van der Waals surface area contributed by atoms with Gasteiger partial charge in [0.05, 0.1) is 26.4 Å². The lowest BCUT2D eigenvalue weighted by atomic mass is 9.79. The van der Waals surface area contributed by atoms with E-state index < -0.39 is 5.97 Å². The predicted octanol–water partition coefficient (Wildman–Crippen LogP) is 4.34. The van der Waals surface area contributed by atoms with Gasteiger partial charge in [0.25, 0.3) is 5.91 Å². The largest absolute Gasteiger partial charge is 0.493 e. The van der Waals surface area contributed by atoms with Crippen LogP contribution in [0.4, 0.5) is 0 Å². The highest BCUT2D eigenvalue weighted by Gasteiger charge is 2.31. The normalized spacial score (nSPS) is 18.4. The lowest BCUT2D eigenvalue weighted by Gasteiger charge is -2.33. The van der Waals surface area contributed by atoms with E-state index in [1.165, 1.54) is 7.11 Å². The van der Waals surface area contributed by atoms with Crippen LogP contribution in [0, 0.1) is 0 Å². The van der Waals surface area contributed by atoms with Crippen LogP contribution in [0.3, 0.4) is 0 Å². The monoisotopic (exact) mass is 411 g/mol. The van der Waals surface area contributed by atoms with Crippen LogP contribution >= 0.6 is 0 Å². The van der Waals surface area contributed by atoms with E-state index in [4.69, 9.17) is 14.2 Å². The molecule has 30 heavy (non-hydrogen) atoms. The van der Waals surface area contributed by atoms with Gasteiger partial charge < -0.3 is 19.5 Å². The first-order valence-corrected chi connectivity index (χ1v) is 10.4. The molecule has 0 unspecified atom stereocenters. The molecular weight excluding hydrogens is 382 g/mol. The van der Waals surface area contributed by atoms with Gasteiger partial charge in [-0.15, -0.1) is 0 Å². The summed E-state index contributed by atoms with van der Waals surface area (Å²) >= 11 is 0. The second-order valence-electron chi connectivity index (χ2n) is 7.35. The molecule has 3 rings (SSSR count). The van der Waals surface area contributed by atoms with E-state index in [9.17, 15) is 9.59 Å². The average Bonchev–Trinajstić information content (AvgIpc) is 2.79. The molecule has 1 aliphatic rings. The van der Waals surface area contributed by atoms with Gasteiger partial charge in [0.15, 0.2) is 11.5 Å². The van der Waals surface area contributed by atoms with Crippen LogP contribution in [-0.4, -0.2) is 38.7 Å². The van der Waals surface area contributed by atoms with Crippen molar-refractivity contribution in [2.24, 2.45) is 0 Å². The molecular formula is C24H29NO5. The van der Waals surface area contributed by atoms with Crippen LogP contribution in [0.25, 0.3) is 0 Å². The van der Waals surface area contributed by atoms with Gasteiger partial charge in [-0.1, -0.05) is 25.0 Å². The van der Waals surface area contributed by atoms with Gasteiger partial charge in [0.1, 0.15) is 0 Å². The maximum absolute atomic E-state index is 12.9. The Morgan fingerprint density at radius 1 is 1.00 bits per heavy atom. The van der Waals surface area contributed by atoms with Gasteiger partial charge in [-0.05, 0) is 50.1 Å². The summed E-state index contributed by atoms with van der Waals surface area (Å²) in [5, 5.41) is 3.20. The molecule has 1 fully saturated rings. The van der Waals surface area contributed by atoms with E-state index in [2.05, 4.69) is 11.4 Å². The zero-order valence-electron chi connectivity index (χ0n) is 17.8. The van der Waals surface area contributed by atoms with E-state index in [-0.39, 0.29) is 17.9 Å². The van der Waals surface area contributed by atoms with Crippen molar-refractivity contribution in [2.45, 2.75) is 44.6 Å². The highest BCUT2D eigenvalue weighted by Crippen LogP contribution is 2.42. The molecule has 1 N–H and O–H groups in total. The van der Waals surface area contributed by atoms with Crippen LogP contribution in [0.15, 0.2) is 42.5 Å². The van der Waals surface area contributed by atoms with Crippen LogP contribution in [0.5, 0.6) is 11.5 Å². The summed E-state index contributed by atoms with van der Waals surface area (Å²) in [7, 11) is 2.97. The number of nitrogens with one attached hydrogen (secondary N) is 1. The fourth-order valence-corrected chi connectivity index (χ4v) is 4.09. The highest BCUT2D eigenvalue weighted by molar-refractivity contribution is 5.96. The van der Waals surface area contributed by atoms with Crippen LogP contribution in [0.1, 0.15) is 64.8 Å². The van der Waals surface area contributed by atoms with E-state index in [1.54, 1.807) is 31.4 Å². The standard InChI is InChI=1S/C24H29NO5/c1-4-30-22-19(9-7-11-21(22)28-2)18-8-5-6-10-20(18)25-23(26)16-12-14-17(15-13-16)24(27)29-3/h7,9,11-15,18,20H,4-6,8,10H2,1-3H3,(H,25,26)/t18-,20-/m1/s1. The number of hydrogen-bond acceptors (Lipinski definition) is 5. The van der Waals surface area contributed by atoms with E-state index >= 15 is 0 Å². The first kappa shape index (κ1) is 21.7. The Kier molecular flexibility index (Phi) is 7.33. The first-order valence-electron chi connectivity index (χ1n) is 10.4. The number of esters is 1. The molecule has 0 aromatic heterocycles. The summed E-state index contributed by atoms with van der Waals surface area (Å²) in [4.78, 5) is 24.5. The fraction of sp³-hybridized carbons (Fsp3) is 0.417.